The number of aryl methyl sites for hydroxylation is 2. The fourth-order valence-electron chi connectivity index (χ4n) is 4.76. The Bertz CT molecular complexity index is 1170. The van der Waals surface area contributed by atoms with Gasteiger partial charge in [-0.15, -0.1) is 0 Å². The van der Waals surface area contributed by atoms with E-state index >= 15 is 0 Å². The molecule has 1 amide bonds. The van der Waals surface area contributed by atoms with Crippen LogP contribution in [0, 0.1) is 13.8 Å². The molecular formula is C25H30N4O3. The molecule has 4 rings (SSSR count). The van der Waals surface area contributed by atoms with Crippen molar-refractivity contribution in [2.75, 3.05) is 32.6 Å². The maximum Gasteiger partial charge on any atom is 0.338 e. The molecule has 1 aromatic carbocycles. The monoisotopic (exact) mass is 434 g/mol. The van der Waals surface area contributed by atoms with Crippen molar-refractivity contribution in [3.8, 4) is 5.69 Å². The number of aromatic nitrogens is 2. The minimum absolute atomic E-state index is 0.153. The van der Waals surface area contributed by atoms with Crippen LogP contribution in [0.2, 0.25) is 0 Å². The van der Waals surface area contributed by atoms with Crippen LogP contribution < -0.4 is 5.32 Å². The van der Waals surface area contributed by atoms with E-state index in [1.54, 1.807) is 0 Å². The zero-order chi connectivity index (χ0) is 23.0. The molecule has 0 unspecified atom stereocenters. The Morgan fingerprint density at radius 1 is 1.12 bits per heavy atom. The molecule has 0 spiro atoms. The number of hydrogen-bond donors (Lipinski definition) is 1. The third-order valence-electron chi connectivity index (χ3n) is 6.37. The Morgan fingerprint density at radius 2 is 1.78 bits per heavy atom. The molecule has 0 bridgehead atoms. The highest BCUT2D eigenvalue weighted by Gasteiger charge is 2.24. The number of carbonyl (C=O) groups excluding carboxylic acids is 2. The maximum absolute atomic E-state index is 12.2. The highest BCUT2D eigenvalue weighted by atomic mass is 16.5. The van der Waals surface area contributed by atoms with Crippen LogP contribution in [-0.4, -0.2) is 53.6 Å². The fraction of sp³-hybridized carbons (Fsp3) is 0.400. The van der Waals surface area contributed by atoms with E-state index < -0.39 is 0 Å². The molecule has 3 heterocycles. The van der Waals surface area contributed by atoms with Crippen LogP contribution in [0.15, 0.2) is 30.6 Å². The zero-order valence-electron chi connectivity index (χ0n) is 19.4. The van der Waals surface area contributed by atoms with Crippen LogP contribution in [0.3, 0.4) is 0 Å². The molecular weight excluding hydrogens is 404 g/mol. The van der Waals surface area contributed by atoms with Crippen molar-refractivity contribution in [1.82, 2.24) is 14.5 Å². The van der Waals surface area contributed by atoms with E-state index in [1.165, 1.54) is 19.6 Å². The topological polar surface area (TPSA) is 76.5 Å². The normalized spacial score (nSPS) is 15.2. The SMILES string of the molecule is COC(=O)c1c(C)cc(-n2cc(C3CCN(C)CC3)c3cnc(NC(C)=O)cc32)cc1C. The fourth-order valence-corrected chi connectivity index (χ4v) is 4.76. The number of rotatable bonds is 4. The number of hydrogen-bond acceptors (Lipinski definition) is 5. The maximum atomic E-state index is 12.2. The number of nitrogens with one attached hydrogen (secondary N) is 1. The number of nitrogens with zero attached hydrogens (tertiary/aromatic N) is 3. The van der Waals surface area contributed by atoms with E-state index in [0.29, 0.717) is 17.3 Å². The minimum Gasteiger partial charge on any atom is -0.465 e. The van der Waals surface area contributed by atoms with Gasteiger partial charge in [-0.1, -0.05) is 0 Å². The van der Waals surface area contributed by atoms with Crippen molar-refractivity contribution < 1.29 is 14.3 Å². The Morgan fingerprint density at radius 3 is 2.38 bits per heavy atom. The summed E-state index contributed by atoms with van der Waals surface area (Å²) < 4.78 is 7.11. The van der Waals surface area contributed by atoms with Gasteiger partial charge in [0.1, 0.15) is 5.82 Å². The van der Waals surface area contributed by atoms with Crippen LogP contribution in [0.1, 0.15) is 52.7 Å². The van der Waals surface area contributed by atoms with E-state index in [9.17, 15) is 9.59 Å². The van der Waals surface area contributed by atoms with E-state index in [1.807, 2.05) is 38.2 Å². The largest absolute Gasteiger partial charge is 0.465 e. The third-order valence-corrected chi connectivity index (χ3v) is 6.37. The van der Waals surface area contributed by atoms with Gasteiger partial charge in [-0.2, -0.15) is 0 Å². The molecule has 1 N–H and O–H groups in total. The molecule has 0 radical (unpaired) electrons. The average Bonchev–Trinajstić information content (AvgIpc) is 3.12. The number of amides is 1. The Balaban J connectivity index is 1.87. The second-order valence-corrected chi connectivity index (χ2v) is 8.75. The number of ether oxygens (including phenoxy) is 1. The second kappa shape index (κ2) is 8.74. The Kier molecular flexibility index (Phi) is 6.02. The molecule has 2 aromatic heterocycles. The summed E-state index contributed by atoms with van der Waals surface area (Å²) >= 11 is 0. The molecule has 168 valence electrons. The minimum atomic E-state index is -0.326. The first kappa shape index (κ1) is 22.0. The van der Waals surface area contributed by atoms with E-state index in [4.69, 9.17) is 4.74 Å². The molecule has 7 nitrogen and oxygen atoms in total. The molecule has 1 saturated heterocycles. The number of anilines is 1. The van der Waals surface area contributed by atoms with Crippen LogP contribution in [0.4, 0.5) is 5.82 Å². The molecule has 1 aliphatic rings. The van der Waals surface area contributed by atoms with Crippen LogP contribution in [-0.2, 0) is 9.53 Å². The first-order chi connectivity index (χ1) is 15.3. The summed E-state index contributed by atoms with van der Waals surface area (Å²) in [5.41, 5.74) is 5.57. The quantitative estimate of drug-likeness (QED) is 0.623. The number of likely N-dealkylation sites (tertiary alicyclic amines) is 1. The van der Waals surface area contributed by atoms with Crippen molar-refractivity contribution in [2.45, 2.75) is 39.5 Å². The molecule has 3 aromatic rings. The van der Waals surface area contributed by atoms with Gasteiger partial charge in [-0.05, 0) is 81.6 Å². The lowest BCUT2D eigenvalue weighted by atomic mass is 9.90. The molecule has 1 fully saturated rings. The molecule has 0 atom stereocenters. The van der Waals surface area contributed by atoms with Crippen molar-refractivity contribution in [3.05, 3.63) is 52.8 Å². The summed E-state index contributed by atoms with van der Waals surface area (Å²) in [5.74, 6) is 0.506. The Hall–Kier alpha value is -3.19. The summed E-state index contributed by atoms with van der Waals surface area (Å²) in [6.45, 7) is 7.47. The number of methoxy groups -OCH3 is 1. The number of fused-ring (bicyclic) bond motifs is 1. The highest BCUT2D eigenvalue weighted by molar-refractivity contribution is 5.94. The van der Waals surface area contributed by atoms with Crippen molar-refractivity contribution in [2.24, 2.45) is 0 Å². The third kappa shape index (κ3) is 4.12. The smallest absolute Gasteiger partial charge is 0.338 e. The summed E-state index contributed by atoms with van der Waals surface area (Å²) in [6.07, 6.45) is 6.27. The number of esters is 1. The predicted octanol–water partition coefficient (Wildman–Crippen LogP) is 4.20. The average molecular weight is 435 g/mol. The van der Waals surface area contributed by atoms with Gasteiger partial charge in [0, 0.05) is 36.5 Å². The van der Waals surface area contributed by atoms with E-state index in [2.05, 4.69) is 33.0 Å². The Labute approximate surface area is 188 Å². The van der Waals surface area contributed by atoms with Gasteiger partial charge in [0.2, 0.25) is 5.91 Å². The second-order valence-electron chi connectivity index (χ2n) is 8.75. The van der Waals surface area contributed by atoms with Crippen LogP contribution >= 0.6 is 0 Å². The van der Waals surface area contributed by atoms with Gasteiger partial charge in [-0.25, -0.2) is 9.78 Å². The summed E-state index contributed by atoms with van der Waals surface area (Å²) in [4.78, 5) is 30.7. The van der Waals surface area contributed by atoms with Gasteiger partial charge in [-0.3, -0.25) is 4.79 Å². The number of pyridine rings is 1. The standard InChI is InChI=1S/C25H30N4O3/c1-15-10-19(11-16(2)24(15)25(31)32-5)29-14-21(18-6-8-28(4)9-7-18)20-13-26-23(12-22(20)29)27-17(3)30/h10-14,18H,6-9H2,1-5H3,(H,26,27,30). The molecule has 32 heavy (non-hydrogen) atoms. The zero-order valence-corrected chi connectivity index (χ0v) is 19.4. The first-order valence-corrected chi connectivity index (χ1v) is 11.0. The van der Waals surface area contributed by atoms with Gasteiger partial charge in [0.25, 0.3) is 0 Å². The lowest BCUT2D eigenvalue weighted by Gasteiger charge is -2.28. The van der Waals surface area contributed by atoms with Crippen molar-refractivity contribution in [3.63, 3.8) is 0 Å². The van der Waals surface area contributed by atoms with E-state index in [0.717, 1.165) is 53.6 Å². The van der Waals surface area contributed by atoms with Crippen LogP contribution in [0.5, 0.6) is 0 Å². The number of carbonyl (C=O) groups is 2. The lowest BCUT2D eigenvalue weighted by molar-refractivity contribution is -0.114. The summed E-state index contributed by atoms with van der Waals surface area (Å²) in [5, 5.41) is 3.89. The molecule has 0 aliphatic carbocycles. The van der Waals surface area contributed by atoms with Gasteiger partial charge < -0.3 is 19.5 Å². The van der Waals surface area contributed by atoms with Crippen molar-refractivity contribution >= 4 is 28.6 Å². The first-order valence-electron chi connectivity index (χ1n) is 11.0. The van der Waals surface area contributed by atoms with Crippen molar-refractivity contribution in [1.29, 1.82) is 0 Å². The van der Waals surface area contributed by atoms with Gasteiger partial charge in [0.15, 0.2) is 0 Å². The highest BCUT2D eigenvalue weighted by Crippen LogP contribution is 2.36. The number of benzene rings is 1. The molecule has 0 saturated carbocycles. The predicted molar refractivity (Wildman–Crippen MR) is 126 cm³/mol. The summed E-state index contributed by atoms with van der Waals surface area (Å²) in [7, 11) is 3.56. The van der Waals surface area contributed by atoms with Crippen LogP contribution in [0.25, 0.3) is 16.6 Å². The number of piperidine rings is 1. The summed E-state index contributed by atoms with van der Waals surface area (Å²) in [6, 6.07) is 5.94. The van der Waals surface area contributed by atoms with Gasteiger partial charge in [0.05, 0.1) is 18.2 Å². The lowest BCUT2D eigenvalue weighted by Crippen LogP contribution is -2.29. The van der Waals surface area contributed by atoms with E-state index in [-0.39, 0.29) is 11.9 Å². The molecule has 7 heteroatoms. The van der Waals surface area contributed by atoms with Gasteiger partial charge >= 0.3 is 5.97 Å². The molecule has 1 aliphatic heterocycles.